The van der Waals surface area contributed by atoms with Crippen molar-refractivity contribution in [3.05, 3.63) is 35.4 Å². The molecule has 0 saturated carbocycles. The molecule has 2 atom stereocenters. The molecule has 1 aromatic rings. The summed E-state index contributed by atoms with van der Waals surface area (Å²) in [6, 6.07) is 8.69. The van der Waals surface area contributed by atoms with Crippen LogP contribution in [-0.2, 0) is 6.54 Å². The van der Waals surface area contributed by atoms with Crippen molar-refractivity contribution in [3.63, 3.8) is 0 Å². The lowest BCUT2D eigenvalue weighted by atomic mass is 9.94. The molecule has 1 aromatic carbocycles. The molecule has 2 rings (SSSR count). The topological polar surface area (TPSA) is 64.1 Å². The van der Waals surface area contributed by atoms with Gasteiger partial charge in [-0.05, 0) is 11.1 Å². The van der Waals surface area contributed by atoms with E-state index < -0.39 is 0 Å². The van der Waals surface area contributed by atoms with Gasteiger partial charge in [-0.25, -0.2) is 0 Å². The maximum Gasteiger partial charge on any atom is 0.0247 e. The van der Waals surface area contributed by atoms with E-state index in [1.54, 1.807) is 0 Å². The molecule has 5 N–H and O–H groups in total. The first-order valence-corrected chi connectivity index (χ1v) is 5.06. The molecule has 0 aromatic heterocycles. The van der Waals surface area contributed by atoms with Crippen molar-refractivity contribution in [1.29, 1.82) is 0 Å². The van der Waals surface area contributed by atoms with Gasteiger partial charge in [0.05, 0.1) is 0 Å². The first-order valence-electron chi connectivity index (χ1n) is 5.06. The fourth-order valence-corrected chi connectivity index (χ4v) is 1.97. The van der Waals surface area contributed by atoms with Crippen LogP contribution in [0.15, 0.2) is 24.3 Å². The van der Waals surface area contributed by atoms with Crippen LogP contribution >= 0.6 is 0 Å². The molecule has 1 aliphatic heterocycles. The zero-order valence-electron chi connectivity index (χ0n) is 8.24. The molecule has 0 bridgehead atoms. The molecule has 0 radical (unpaired) electrons. The third-order valence-corrected chi connectivity index (χ3v) is 2.90. The largest absolute Gasteiger partial charge is 0.326 e. The fraction of sp³-hybridized carbons (Fsp3) is 0.455. The summed E-state index contributed by atoms with van der Waals surface area (Å²) >= 11 is 0. The van der Waals surface area contributed by atoms with Crippen molar-refractivity contribution in [1.82, 2.24) is 5.32 Å². The molecule has 0 spiro atoms. The zero-order valence-corrected chi connectivity index (χ0v) is 8.24. The van der Waals surface area contributed by atoms with Gasteiger partial charge in [-0.1, -0.05) is 24.3 Å². The Bertz CT molecular complexity index is 294. The van der Waals surface area contributed by atoms with E-state index in [1.165, 1.54) is 11.1 Å². The van der Waals surface area contributed by atoms with E-state index in [0.717, 1.165) is 13.1 Å². The van der Waals surface area contributed by atoms with Crippen LogP contribution in [0.3, 0.4) is 0 Å². The van der Waals surface area contributed by atoms with E-state index in [1.807, 2.05) is 0 Å². The van der Waals surface area contributed by atoms with Gasteiger partial charge in [0.25, 0.3) is 0 Å². The Labute approximate surface area is 84.5 Å². The second kappa shape index (κ2) is 4.09. The van der Waals surface area contributed by atoms with Gasteiger partial charge in [0.2, 0.25) is 0 Å². The van der Waals surface area contributed by atoms with Crippen LogP contribution in [-0.4, -0.2) is 19.1 Å². The minimum atomic E-state index is 0.249. The molecule has 1 saturated heterocycles. The second-order valence-corrected chi connectivity index (χ2v) is 3.87. The van der Waals surface area contributed by atoms with Gasteiger partial charge in [0.1, 0.15) is 0 Å². The predicted octanol–water partition coefficient (Wildman–Crippen LogP) is 0.159. The molecular formula is C11H17N3. The van der Waals surface area contributed by atoms with E-state index in [4.69, 9.17) is 11.5 Å². The quantitative estimate of drug-likeness (QED) is 0.624. The number of hydrogen-bond acceptors (Lipinski definition) is 3. The Morgan fingerprint density at radius 3 is 2.43 bits per heavy atom. The average molecular weight is 191 g/mol. The molecule has 0 aliphatic carbocycles. The molecule has 1 fully saturated rings. The average Bonchev–Trinajstić information content (AvgIpc) is 2.65. The van der Waals surface area contributed by atoms with Crippen LogP contribution in [0, 0.1) is 0 Å². The molecule has 76 valence electrons. The van der Waals surface area contributed by atoms with Crippen LogP contribution in [0.25, 0.3) is 0 Å². The highest BCUT2D eigenvalue weighted by Crippen LogP contribution is 2.21. The monoisotopic (exact) mass is 191 g/mol. The van der Waals surface area contributed by atoms with Crippen molar-refractivity contribution in [2.75, 3.05) is 13.1 Å². The SMILES string of the molecule is NCc1ccc(C2CNCC2N)cc1. The molecule has 2 unspecified atom stereocenters. The normalized spacial score (nSPS) is 26.7. The van der Waals surface area contributed by atoms with E-state index in [9.17, 15) is 0 Å². The number of benzene rings is 1. The van der Waals surface area contributed by atoms with Gasteiger partial charge < -0.3 is 16.8 Å². The van der Waals surface area contributed by atoms with E-state index in [-0.39, 0.29) is 6.04 Å². The summed E-state index contributed by atoms with van der Waals surface area (Å²) in [6.45, 7) is 2.52. The summed E-state index contributed by atoms with van der Waals surface area (Å²) in [5.41, 5.74) is 14.0. The highest BCUT2D eigenvalue weighted by atomic mass is 15.0. The van der Waals surface area contributed by atoms with Gasteiger partial charge in [-0.2, -0.15) is 0 Å². The van der Waals surface area contributed by atoms with Crippen LogP contribution in [0.2, 0.25) is 0 Å². The molecule has 3 heteroatoms. The number of rotatable bonds is 2. The maximum absolute atomic E-state index is 5.99. The molecular weight excluding hydrogens is 174 g/mol. The lowest BCUT2D eigenvalue weighted by Crippen LogP contribution is -2.27. The van der Waals surface area contributed by atoms with E-state index in [2.05, 4.69) is 29.6 Å². The number of hydrogen-bond donors (Lipinski definition) is 3. The van der Waals surface area contributed by atoms with Crippen LogP contribution in [0.4, 0.5) is 0 Å². The van der Waals surface area contributed by atoms with Crippen molar-refractivity contribution in [2.45, 2.75) is 18.5 Å². The van der Waals surface area contributed by atoms with Crippen molar-refractivity contribution >= 4 is 0 Å². The lowest BCUT2D eigenvalue weighted by molar-refractivity contribution is 0.653. The first kappa shape index (κ1) is 9.65. The maximum atomic E-state index is 5.99. The minimum Gasteiger partial charge on any atom is -0.326 e. The van der Waals surface area contributed by atoms with E-state index in [0.29, 0.717) is 12.5 Å². The Kier molecular flexibility index (Phi) is 2.82. The van der Waals surface area contributed by atoms with Crippen molar-refractivity contribution in [2.24, 2.45) is 11.5 Å². The van der Waals surface area contributed by atoms with Crippen LogP contribution in [0.5, 0.6) is 0 Å². The Morgan fingerprint density at radius 2 is 1.93 bits per heavy atom. The summed E-state index contributed by atoms with van der Waals surface area (Å²) in [7, 11) is 0. The fourth-order valence-electron chi connectivity index (χ4n) is 1.97. The van der Waals surface area contributed by atoms with Gasteiger partial charge in [-0.15, -0.1) is 0 Å². The van der Waals surface area contributed by atoms with Crippen molar-refractivity contribution in [3.8, 4) is 0 Å². The Balaban J connectivity index is 2.16. The lowest BCUT2D eigenvalue weighted by Gasteiger charge is -2.14. The summed E-state index contributed by atoms with van der Waals surface area (Å²) in [6.07, 6.45) is 0. The standard InChI is InChI=1S/C11H17N3/c12-5-8-1-3-9(4-2-8)10-6-14-7-11(10)13/h1-4,10-11,14H,5-7,12-13H2. The summed E-state index contributed by atoms with van der Waals surface area (Å²) < 4.78 is 0. The summed E-state index contributed by atoms with van der Waals surface area (Å²) in [5, 5.41) is 3.30. The zero-order chi connectivity index (χ0) is 9.97. The number of nitrogens with one attached hydrogen (secondary N) is 1. The predicted molar refractivity (Wildman–Crippen MR) is 57.9 cm³/mol. The number of nitrogens with two attached hydrogens (primary N) is 2. The van der Waals surface area contributed by atoms with Gasteiger partial charge in [0.15, 0.2) is 0 Å². The highest BCUT2D eigenvalue weighted by Gasteiger charge is 2.24. The molecule has 1 heterocycles. The third-order valence-electron chi connectivity index (χ3n) is 2.90. The summed E-state index contributed by atoms with van der Waals surface area (Å²) in [4.78, 5) is 0. The molecule has 3 nitrogen and oxygen atoms in total. The second-order valence-electron chi connectivity index (χ2n) is 3.87. The van der Waals surface area contributed by atoms with Crippen molar-refractivity contribution < 1.29 is 0 Å². The van der Waals surface area contributed by atoms with E-state index >= 15 is 0 Å². The van der Waals surface area contributed by atoms with Crippen LogP contribution in [0.1, 0.15) is 17.0 Å². The molecule has 0 amide bonds. The third kappa shape index (κ3) is 1.80. The molecule has 14 heavy (non-hydrogen) atoms. The van der Waals surface area contributed by atoms with Gasteiger partial charge >= 0.3 is 0 Å². The van der Waals surface area contributed by atoms with Gasteiger partial charge in [-0.3, -0.25) is 0 Å². The Hall–Kier alpha value is -0.900. The van der Waals surface area contributed by atoms with Gasteiger partial charge in [0, 0.05) is 31.6 Å². The first-order chi connectivity index (χ1) is 6.81. The smallest absolute Gasteiger partial charge is 0.0247 e. The molecule has 1 aliphatic rings. The summed E-state index contributed by atoms with van der Waals surface area (Å²) in [5.74, 6) is 0.460. The van der Waals surface area contributed by atoms with Crippen LogP contribution < -0.4 is 16.8 Å². The Morgan fingerprint density at radius 1 is 1.21 bits per heavy atom. The minimum absolute atomic E-state index is 0.249. The highest BCUT2D eigenvalue weighted by molar-refractivity contribution is 5.27.